The van der Waals surface area contributed by atoms with Gasteiger partial charge in [-0.05, 0) is 36.3 Å². The summed E-state index contributed by atoms with van der Waals surface area (Å²) in [4.78, 5) is 0. The minimum atomic E-state index is -0.303. The molecule has 88 valence electrons. The molecule has 2 heteroatoms. The molecule has 0 radical (unpaired) electrons. The molecule has 1 nitrogen and oxygen atoms in total. The Morgan fingerprint density at radius 2 is 1.81 bits per heavy atom. The van der Waals surface area contributed by atoms with Gasteiger partial charge < -0.3 is 5.11 Å². The Morgan fingerprint density at radius 1 is 1.19 bits per heavy atom. The van der Waals surface area contributed by atoms with E-state index in [0.29, 0.717) is 5.92 Å². The molecule has 16 heavy (non-hydrogen) atoms. The second kappa shape index (κ2) is 5.33. The van der Waals surface area contributed by atoms with E-state index in [-0.39, 0.29) is 6.10 Å². The van der Waals surface area contributed by atoms with Crippen LogP contribution in [0.2, 0.25) is 0 Å². The van der Waals surface area contributed by atoms with Crippen LogP contribution in [-0.4, -0.2) is 5.11 Å². The molecule has 0 aliphatic heterocycles. The van der Waals surface area contributed by atoms with Gasteiger partial charge in [0.05, 0.1) is 6.10 Å². The molecule has 1 aliphatic carbocycles. The normalized spacial score (nSPS) is 27.7. The zero-order valence-electron chi connectivity index (χ0n) is 9.70. The molecular weight excluding hydrogens is 264 g/mol. The Labute approximate surface area is 106 Å². The van der Waals surface area contributed by atoms with Crippen molar-refractivity contribution >= 4 is 15.9 Å². The number of halogens is 1. The van der Waals surface area contributed by atoms with Crippen LogP contribution in [0.15, 0.2) is 28.7 Å². The molecule has 0 amide bonds. The van der Waals surface area contributed by atoms with E-state index in [1.165, 1.54) is 12.8 Å². The summed E-state index contributed by atoms with van der Waals surface area (Å²) >= 11 is 3.52. The first-order chi connectivity index (χ1) is 7.68. The second-order valence-corrected chi connectivity index (χ2v) is 5.84. The predicted octanol–water partition coefficient (Wildman–Crippen LogP) is 4.31. The smallest absolute Gasteiger partial charge is 0.0829 e. The Balaban J connectivity index is 2.07. The van der Waals surface area contributed by atoms with Crippen LogP contribution in [0, 0.1) is 11.8 Å². The number of hydrogen-bond donors (Lipinski definition) is 1. The average molecular weight is 283 g/mol. The summed E-state index contributed by atoms with van der Waals surface area (Å²) in [7, 11) is 0. The van der Waals surface area contributed by atoms with Gasteiger partial charge in [0.1, 0.15) is 0 Å². The van der Waals surface area contributed by atoms with Crippen LogP contribution in [0.5, 0.6) is 0 Å². The van der Waals surface area contributed by atoms with E-state index < -0.39 is 0 Å². The van der Waals surface area contributed by atoms with Crippen LogP contribution in [0.25, 0.3) is 0 Å². The average Bonchev–Trinajstić information content (AvgIpc) is 2.30. The highest BCUT2D eigenvalue weighted by Crippen LogP contribution is 2.38. The molecule has 0 spiro atoms. The molecule has 1 aliphatic rings. The van der Waals surface area contributed by atoms with E-state index in [4.69, 9.17) is 0 Å². The molecule has 0 heterocycles. The van der Waals surface area contributed by atoms with Crippen LogP contribution in [0.4, 0.5) is 0 Å². The fourth-order valence-corrected chi connectivity index (χ4v) is 3.09. The fraction of sp³-hybridized carbons (Fsp3) is 0.571. The van der Waals surface area contributed by atoms with Crippen molar-refractivity contribution < 1.29 is 5.11 Å². The molecule has 2 rings (SSSR count). The summed E-state index contributed by atoms with van der Waals surface area (Å²) in [5, 5.41) is 10.4. The molecule has 1 aromatic carbocycles. The van der Waals surface area contributed by atoms with Gasteiger partial charge in [0.2, 0.25) is 0 Å². The van der Waals surface area contributed by atoms with Crippen LogP contribution < -0.4 is 0 Å². The van der Waals surface area contributed by atoms with Crippen molar-refractivity contribution in [2.75, 3.05) is 0 Å². The molecule has 1 unspecified atom stereocenters. The fourth-order valence-electron chi connectivity index (χ4n) is 2.57. The van der Waals surface area contributed by atoms with E-state index in [9.17, 15) is 5.11 Å². The summed E-state index contributed by atoms with van der Waals surface area (Å²) in [6.07, 6.45) is 4.52. The Hall–Kier alpha value is -0.340. The third-order valence-corrected chi connectivity index (χ3v) is 4.45. The van der Waals surface area contributed by atoms with Crippen molar-refractivity contribution in [3.8, 4) is 0 Å². The van der Waals surface area contributed by atoms with Crippen molar-refractivity contribution in [1.82, 2.24) is 0 Å². The largest absolute Gasteiger partial charge is 0.388 e. The molecule has 1 saturated carbocycles. The van der Waals surface area contributed by atoms with Gasteiger partial charge in [-0.1, -0.05) is 53.9 Å². The first-order valence-corrected chi connectivity index (χ1v) is 6.90. The first kappa shape index (κ1) is 12.1. The molecule has 1 fully saturated rings. The second-order valence-electron chi connectivity index (χ2n) is 4.99. The van der Waals surface area contributed by atoms with E-state index in [2.05, 4.69) is 22.9 Å². The van der Waals surface area contributed by atoms with Gasteiger partial charge >= 0.3 is 0 Å². The monoisotopic (exact) mass is 282 g/mol. The zero-order chi connectivity index (χ0) is 11.5. The third-order valence-electron chi connectivity index (χ3n) is 3.73. The van der Waals surface area contributed by atoms with E-state index in [1.807, 2.05) is 24.3 Å². The molecule has 1 atom stereocenters. The maximum absolute atomic E-state index is 10.4. The lowest BCUT2D eigenvalue weighted by Crippen LogP contribution is -2.19. The SMILES string of the molecule is CC1CCC(C(O)c2ccccc2Br)CC1. The summed E-state index contributed by atoms with van der Waals surface area (Å²) in [6, 6.07) is 8.01. The van der Waals surface area contributed by atoms with Crippen molar-refractivity contribution in [3.63, 3.8) is 0 Å². The highest BCUT2D eigenvalue weighted by atomic mass is 79.9. The summed E-state index contributed by atoms with van der Waals surface area (Å²) in [5.41, 5.74) is 1.04. The molecule has 0 bridgehead atoms. The quantitative estimate of drug-likeness (QED) is 0.857. The van der Waals surface area contributed by atoms with Gasteiger partial charge in [0.25, 0.3) is 0 Å². The zero-order valence-corrected chi connectivity index (χ0v) is 11.3. The van der Waals surface area contributed by atoms with Gasteiger partial charge in [-0.3, -0.25) is 0 Å². The van der Waals surface area contributed by atoms with Crippen LogP contribution in [0.1, 0.15) is 44.3 Å². The number of hydrogen-bond acceptors (Lipinski definition) is 1. The summed E-state index contributed by atoms with van der Waals surface area (Å²) < 4.78 is 1.03. The summed E-state index contributed by atoms with van der Waals surface area (Å²) in [5.74, 6) is 1.28. The van der Waals surface area contributed by atoms with E-state index in [1.54, 1.807) is 0 Å². The molecule has 1 aromatic rings. The Kier molecular flexibility index (Phi) is 4.04. The van der Waals surface area contributed by atoms with Crippen molar-refractivity contribution in [3.05, 3.63) is 34.3 Å². The minimum Gasteiger partial charge on any atom is -0.388 e. The van der Waals surface area contributed by atoms with Gasteiger partial charge in [-0.15, -0.1) is 0 Å². The number of aliphatic hydroxyl groups is 1. The van der Waals surface area contributed by atoms with Crippen LogP contribution in [-0.2, 0) is 0 Å². The number of aliphatic hydroxyl groups excluding tert-OH is 1. The van der Waals surface area contributed by atoms with E-state index >= 15 is 0 Å². The van der Waals surface area contributed by atoms with Crippen LogP contribution >= 0.6 is 15.9 Å². The lowest BCUT2D eigenvalue weighted by Gasteiger charge is -2.30. The van der Waals surface area contributed by atoms with Crippen LogP contribution in [0.3, 0.4) is 0 Å². The Bertz CT molecular complexity index is 342. The van der Waals surface area contributed by atoms with Gasteiger partial charge in [-0.2, -0.15) is 0 Å². The van der Waals surface area contributed by atoms with Gasteiger partial charge in [0, 0.05) is 4.47 Å². The maximum atomic E-state index is 10.4. The summed E-state index contributed by atoms with van der Waals surface area (Å²) in [6.45, 7) is 2.31. The lowest BCUT2D eigenvalue weighted by molar-refractivity contribution is 0.0750. The topological polar surface area (TPSA) is 20.2 Å². The highest BCUT2D eigenvalue weighted by Gasteiger charge is 2.26. The van der Waals surface area contributed by atoms with Gasteiger partial charge in [-0.25, -0.2) is 0 Å². The minimum absolute atomic E-state index is 0.303. The standard InChI is InChI=1S/C14H19BrO/c1-10-6-8-11(9-7-10)14(16)12-4-2-3-5-13(12)15/h2-5,10-11,14,16H,6-9H2,1H3. The lowest BCUT2D eigenvalue weighted by atomic mass is 9.78. The van der Waals surface area contributed by atoms with Crippen molar-refractivity contribution in [1.29, 1.82) is 0 Å². The maximum Gasteiger partial charge on any atom is 0.0829 e. The number of rotatable bonds is 2. The molecular formula is C14H19BrO. The van der Waals surface area contributed by atoms with E-state index in [0.717, 1.165) is 28.8 Å². The Morgan fingerprint density at radius 3 is 2.44 bits per heavy atom. The molecule has 1 N–H and O–H groups in total. The molecule has 0 aromatic heterocycles. The van der Waals surface area contributed by atoms with Crippen molar-refractivity contribution in [2.45, 2.75) is 38.7 Å². The third kappa shape index (κ3) is 2.67. The van der Waals surface area contributed by atoms with Crippen molar-refractivity contribution in [2.24, 2.45) is 11.8 Å². The predicted molar refractivity (Wildman–Crippen MR) is 70.2 cm³/mol. The molecule has 0 saturated heterocycles. The van der Waals surface area contributed by atoms with Gasteiger partial charge in [0.15, 0.2) is 0 Å². The number of benzene rings is 1. The highest BCUT2D eigenvalue weighted by molar-refractivity contribution is 9.10. The first-order valence-electron chi connectivity index (χ1n) is 6.11.